The third-order valence-electron chi connectivity index (χ3n) is 3.19. The lowest BCUT2D eigenvalue weighted by Gasteiger charge is -2.42. The molecule has 0 bridgehead atoms. The van der Waals surface area contributed by atoms with Crippen LogP contribution in [0.25, 0.3) is 0 Å². The Bertz CT molecular complexity index is 235. The lowest BCUT2D eigenvalue weighted by molar-refractivity contribution is -0.123. The van der Waals surface area contributed by atoms with E-state index in [1.165, 1.54) is 0 Å². The molecule has 3 N–H and O–H groups in total. The Balaban J connectivity index is 4.92. The first kappa shape index (κ1) is 16.4. The molecule has 4 heteroatoms. The van der Waals surface area contributed by atoms with Gasteiger partial charge in [-0.1, -0.05) is 34.6 Å². The Morgan fingerprint density at radius 1 is 1.35 bits per heavy atom. The third-order valence-corrected chi connectivity index (χ3v) is 3.19. The van der Waals surface area contributed by atoms with Crippen molar-refractivity contribution in [3.8, 4) is 0 Å². The van der Waals surface area contributed by atoms with Gasteiger partial charge in [0.05, 0.1) is 6.54 Å². The van der Waals surface area contributed by atoms with Gasteiger partial charge < -0.3 is 11.1 Å². The van der Waals surface area contributed by atoms with Crippen molar-refractivity contribution in [2.75, 3.05) is 20.1 Å². The monoisotopic (exact) mass is 243 g/mol. The highest BCUT2D eigenvalue weighted by molar-refractivity contribution is 5.77. The molecule has 17 heavy (non-hydrogen) atoms. The summed E-state index contributed by atoms with van der Waals surface area (Å²) in [5.74, 6) is 0.0457. The molecule has 0 spiro atoms. The van der Waals surface area contributed by atoms with Gasteiger partial charge in [-0.3, -0.25) is 9.69 Å². The number of nitrogens with zero attached hydrogens (tertiary/aromatic N) is 1. The summed E-state index contributed by atoms with van der Waals surface area (Å²) in [6.45, 7) is 12.0. The lowest BCUT2D eigenvalue weighted by atomic mass is 9.80. The summed E-state index contributed by atoms with van der Waals surface area (Å²) >= 11 is 0. The fourth-order valence-electron chi connectivity index (χ4n) is 2.35. The topological polar surface area (TPSA) is 58.4 Å². The summed E-state index contributed by atoms with van der Waals surface area (Å²) in [7, 11) is 1.67. The highest BCUT2D eigenvalue weighted by Gasteiger charge is 2.34. The van der Waals surface area contributed by atoms with E-state index in [0.717, 1.165) is 13.0 Å². The first-order valence-electron chi connectivity index (χ1n) is 6.48. The van der Waals surface area contributed by atoms with Gasteiger partial charge in [0.1, 0.15) is 0 Å². The van der Waals surface area contributed by atoms with Crippen molar-refractivity contribution < 1.29 is 4.79 Å². The molecule has 0 aliphatic heterocycles. The number of hydrogen-bond donors (Lipinski definition) is 2. The molecule has 1 amide bonds. The molecule has 102 valence electrons. The molecule has 0 fully saturated rings. The second-order valence-electron chi connectivity index (χ2n) is 5.62. The quantitative estimate of drug-likeness (QED) is 0.737. The summed E-state index contributed by atoms with van der Waals surface area (Å²) in [5, 5.41) is 2.67. The zero-order valence-electron chi connectivity index (χ0n) is 12.2. The summed E-state index contributed by atoms with van der Waals surface area (Å²) < 4.78 is 0. The van der Waals surface area contributed by atoms with Gasteiger partial charge in [0, 0.05) is 19.1 Å². The first-order valence-corrected chi connectivity index (χ1v) is 6.48. The lowest BCUT2D eigenvalue weighted by Crippen LogP contribution is -2.56. The van der Waals surface area contributed by atoms with Crippen molar-refractivity contribution in [1.82, 2.24) is 10.2 Å². The minimum atomic E-state index is 0.0457. The molecule has 0 heterocycles. The second-order valence-corrected chi connectivity index (χ2v) is 5.62. The number of rotatable bonds is 6. The molecule has 0 rings (SSSR count). The average molecular weight is 243 g/mol. The van der Waals surface area contributed by atoms with E-state index in [4.69, 9.17) is 5.73 Å². The highest BCUT2D eigenvalue weighted by atomic mass is 16.1. The predicted molar refractivity (Wildman–Crippen MR) is 72.8 cm³/mol. The van der Waals surface area contributed by atoms with Crippen molar-refractivity contribution in [2.24, 2.45) is 11.1 Å². The molecule has 0 saturated carbocycles. The summed E-state index contributed by atoms with van der Waals surface area (Å²) in [4.78, 5) is 13.7. The van der Waals surface area contributed by atoms with E-state index in [2.05, 4.69) is 44.8 Å². The van der Waals surface area contributed by atoms with Crippen molar-refractivity contribution >= 4 is 5.91 Å². The fraction of sp³-hybridized carbons (Fsp3) is 0.923. The van der Waals surface area contributed by atoms with Gasteiger partial charge in [-0.2, -0.15) is 0 Å². The zero-order valence-corrected chi connectivity index (χ0v) is 12.2. The number of carbonyl (C=O) groups is 1. The van der Waals surface area contributed by atoms with E-state index < -0.39 is 0 Å². The van der Waals surface area contributed by atoms with E-state index in [1.807, 2.05) is 0 Å². The van der Waals surface area contributed by atoms with Crippen LogP contribution in [0.2, 0.25) is 0 Å². The highest BCUT2D eigenvalue weighted by Crippen LogP contribution is 2.27. The van der Waals surface area contributed by atoms with E-state index in [9.17, 15) is 4.79 Å². The van der Waals surface area contributed by atoms with Crippen molar-refractivity contribution in [2.45, 2.75) is 53.1 Å². The fourth-order valence-corrected chi connectivity index (χ4v) is 2.35. The minimum absolute atomic E-state index is 0.0457. The molecule has 0 aliphatic rings. The van der Waals surface area contributed by atoms with Crippen LogP contribution in [0, 0.1) is 5.41 Å². The van der Waals surface area contributed by atoms with Crippen LogP contribution in [-0.2, 0) is 4.79 Å². The number of amides is 1. The molecular formula is C13H29N3O. The van der Waals surface area contributed by atoms with Crippen LogP contribution in [0.5, 0.6) is 0 Å². The summed E-state index contributed by atoms with van der Waals surface area (Å²) in [6.07, 6.45) is 0.923. The molecule has 2 unspecified atom stereocenters. The molecule has 0 aromatic rings. The maximum atomic E-state index is 11.5. The number of carbonyl (C=O) groups excluding carboxylic acids is 1. The Morgan fingerprint density at radius 3 is 2.18 bits per heavy atom. The SMILES string of the molecule is CCC(N)C(N(CC)CC(=O)NC)C(C)(C)C. The van der Waals surface area contributed by atoms with Gasteiger partial charge >= 0.3 is 0 Å². The number of hydrogen-bond acceptors (Lipinski definition) is 3. The largest absolute Gasteiger partial charge is 0.358 e. The molecule has 0 aromatic heterocycles. The maximum absolute atomic E-state index is 11.5. The van der Waals surface area contributed by atoms with Crippen LogP contribution in [0.1, 0.15) is 41.0 Å². The van der Waals surface area contributed by atoms with Crippen LogP contribution in [0.15, 0.2) is 0 Å². The molecule has 0 saturated heterocycles. The maximum Gasteiger partial charge on any atom is 0.233 e. The Hall–Kier alpha value is -0.610. The van der Waals surface area contributed by atoms with Crippen LogP contribution >= 0.6 is 0 Å². The number of nitrogens with two attached hydrogens (primary N) is 1. The molecular weight excluding hydrogens is 214 g/mol. The van der Waals surface area contributed by atoms with Gasteiger partial charge in [-0.25, -0.2) is 0 Å². The first-order chi connectivity index (χ1) is 7.77. The van der Waals surface area contributed by atoms with Gasteiger partial charge in [-0.15, -0.1) is 0 Å². The summed E-state index contributed by atoms with van der Waals surface area (Å²) in [6, 6.07) is 0.314. The number of nitrogens with one attached hydrogen (secondary N) is 1. The standard InChI is InChI=1S/C13H29N3O/c1-7-10(14)12(13(3,4)5)16(8-2)9-11(17)15-6/h10,12H,7-9,14H2,1-6H3,(H,15,17). The third kappa shape index (κ3) is 5.04. The zero-order chi connectivity index (χ0) is 13.6. The average Bonchev–Trinajstić information content (AvgIpc) is 2.25. The van der Waals surface area contributed by atoms with E-state index >= 15 is 0 Å². The summed E-state index contributed by atoms with van der Waals surface area (Å²) in [5.41, 5.74) is 6.29. The van der Waals surface area contributed by atoms with Crippen molar-refractivity contribution in [3.05, 3.63) is 0 Å². The minimum Gasteiger partial charge on any atom is -0.358 e. The van der Waals surface area contributed by atoms with Gasteiger partial charge in [0.2, 0.25) is 5.91 Å². The Kier molecular flexibility index (Phi) is 6.72. The van der Waals surface area contributed by atoms with Crippen LogP contribution in [-0.4, -0.2) is 43.0 Å². The van der Waals surface area contributed by atoms with Crippen molar-refractivity contribution in [3.63, 3.8) is 0 Å². The van der Waals surface area contributed by atoms with Crippen LogP contribution < -0.4 is 11.1 Å². The molecule has 0 radical (unpaired) electrons. The van der Waals surface area contributed by atoms with Crippen LogP contribution in [0.4, 0.5) is 0 Å². The Morgan fingerprint density at radius 2 is 1.88 bits per heavy atom. The van der Waals surface area contributed by atoms with Crippen molar-refractivity contribution in [1.29, 1.82) is 0 Å². The molecule has 0 aliphatic carbocycles. The van der Waals surface area contributed by atoms with Crippen LogP contribution in [0.3, 0.4) is 0 Å². The van der Waals surface area contributed by atoms with E-state index in [0.29, 0.717) is 6.54 Å². The molecule has 2 atom stereocenters. The van der Waals surface area contributed by atoms with Gasteiger partial charge in [-0.05, 0) is 18.4 Å². The smallest absolute Gasteiger partial charge is 0.233 e. The molecule has 4 nitrogen and oxygen atoms in total. The normalized spacial score (nSPS) is 15.8. The van der Waals surface area contributed by atoms with Gasteiger partial charge in [0.25, 0.3) is 0 Å². The number of likely N-dealkylation sites (N-methyl/N-ethyl adjacent to an activating group) is 2. The Labute approximate surface area is 106 Å². The van der Waals surface area contributed by atoms with E-state index in [-0.39, 0.29) is 23.4 Å². The second kappa shape index (κ2) is 6.97. The predicted octanol–water partition coefficient (Wildman–Crippen LogP) is 1.21. The van der Waals surface area contributed by atoms with E-state index in [1.54, 1.807) is 7.05 Å². The molecule has 0 aromatic carbocycles. The van der Waals surface area contributed by atoms with Gasteiger partial charge in [0.15, 0.2) is 0 Å².